The Morgan fingerprint density at radius 2 is 1.84 bits per heavy atom. The number of hydrogen-bond donors (Lipinski definition) is 1. The number of hydrogen-bond acceptors (Lipinski definition) is 2. The fourth-order valence-electron chi connectivity index (χ4n) is 2.92. The summed E-state index contributed by atoms with van der Waals surface area (Å²) in [6, 6.07) is 7.47. The Morgan fingerprint density at radius 3 is 2.53 bits per heavy atom. The van der Waals surface area contributed by atoms with Crippen LogP contribution in [0.1, 0.15) is 23.5 Å². The van der Waals surface area contributed by atoms with Crippen molar-refractivity contribution in [1.29, 1.82) is 0 Å². The van der Waals surface area contributed by atoms with Gasteiger partial charge < -0.3 is 10.2 Å². The highest BCUT2D eigenvalue weighted by molar-refractivity contribution is 5.86. The van der Waals surface area contributed by atoms with Gasteiger partial charge in [-0.3, -0.25) is 0 Å². The Balaban J connectivity index is 0. The standard InChI is InChI=1S/C13H18N2.4ClH/c1-9-3-4-12-10(7-9)11-8-15(2)6-5-13(11)14-12;;;;/h3-4,7,11,13-14H,5-6,8H2,1-2H3;4*1H/t11-,13+;;;;/m0..../s1. The molecule has 1 aromatic rings. The second-order valence-corrected chi connectivity index (χ2v) is 5.00. The van der Waals surface area contributed by atoms with Gasteiger partial charge in [-0.1, -0.05) is 17.7 Å². The molecule has 1 saturated heterocycles. The lowest BCUT2D eigenvalue weighted by molar-refractivity contribution is 0.243. The van der Waals surface area contributed by atoms with E-state index in [2.05, 4.69) is 42.4 Å². The summed E-state index contributed by atoms with van der Waals surface area (Å²) < 4.78 is 0. The predicted octanol–water partition coefficient (Wildman–Crippen LogP) is 3.90. The van der Waals surface area contributed by atoms with Gasteiger partial charge in [-0.25, -0.2) is 0 Å². The van der Waals surface area contributed by atoms with Crippen LogP contribution >= 0.6 is 49.6 Å². The summed E-state index contributed by atoms with van der Waals surface area (Å²) in [6.45, 7) is 4.61. The van der Waals surface area contributed by atoms with E-state index >= 15 is 0 Å². The average molecular weight is 348 g/mol. The zero-order valence-electron chi connectivity index (χ0n) is 11.1. The Kier molecular flexibility index (Phi) is 9.51. The Hall–Kier alpha value is 0.140. The number of piperidine rings is 1. The third-order valence-corrected chi connectivity index (χ3v) is 3.76. The van der Waals surface area contributed by atoms with E-state index in [1.165, 1.54) is 36.3 Å². The molecule has 2 nitrogen and oxygen atoms in total. The molecule has 3 rings (SSSR count). The van der Waals surface area contributed by atoms with Crippen molar-refractivity contribution in [2.45, 2.75) is 25.3 Å². The van der Waals surface area contributed by atoms with Crippen LogP contribution in [0, 0.1) is 6.92 Å². The quantitative estimate of drug-likeness (QED) is 0.765. The van der Waals surface area contributed by atoms with Gasteiger partial charge in [-0.05, 0) is 38.6 Å². The molecular weight excluding hydrogens is 326 g/mol. The lowest BCUT2D eigenvalue weighted by Crippen LogP contribution is -2.39. The maximum Gasteiger partial charge on any atom is 0.0379 e. The van der Waals surface area contributed by atoms with Gasteiger partial charge in [0.05, 0.1) is 0 Å². The molecule has 1 fully saturated rings. The highest BCUT2D eigenvalue weighted by atomic mass is 35.5. The molecule has 0 radical (unpaired) electrons. The molecule has 0 amide bonds. The van der Waals surface area contributed by atoms with Crippen LogP contribution in [0.2, 0.25) is 0 Å². The number of benzene rings is 1. The highest BCUT2D eigenvalue weighted by Crippen LogP contribution is 2.40. The molecule has 2 aliphatic rings. The molecular formula is C13H22Cl4N2. The molecule has 1 aromatic carbocycles. The second-order valence-electron chi connectivity index (χ2n) is 5.00. The number of aryl methyl sites for hydroxylation is 1. The SMILES string of the molecule is Cc1ccc2c(c1)[C@@H]1CN(C)CC[C@H]1N2.Cl.Cl.Cl.Cl. The monoisotopic (exact) mass is 346 g/mol. The van der Waals surface area contributed by atoms with Crippen LogP contribution in [-0.4, -0.2) is 31.1 Å². The van der Waals surface area contributed by atoms with Crippen molar-refractivity contribution in [1.82, 2.24) is 4.90 Å². The summed E-state index contributed by atoms with van der Waals surface area (Å²) in [4.78, 5) is 2.44. The van der Waals surface area contributed by atoms with Gasteiger partial charge in [-0.15, -0.1) is 49.6 Å². The second kappa shape index (κ2) is 8.43. The molecule has 0 aromatic heterocycles. The minimum atomic E-state index is 0. The van der Waals surface area contributed by atoms with E-state index < -0.39 is 0 Å². The first-order chi connectivity index (χ1) is 7.24. The zero-order chi connectivity index (χ0) is 10.4. The molecule has 2 aliphatic heterocycles. The molecule has 0 unspecified atom stereocenters. The van der Waals surface area contributed by atoms with Crippen LogP contribution < -0.4 is 5.32 Å². The largest absolute Gasteiger partial charge is 0.381 e. The van der Waals surface area contributed by atoms with Gasteiger partial charge in [0.25, 0.3) is 0 Å². The molecule has 2 atom stereocenters. The topological polar surface area (TPSA) is 15.3 Å². The number of halogens is 4. The van der Waals surface area contributed by atoms with E-state index in [1.807, 2.05) is 0 Å². The summed E-state index contributed by atoms with van der Waals surface area (Å²) in [5.74, 6) is 0.707. The maximum absolute atomic E-state index is 3.66. The fraction of sp³-hybridized carbons (Fsp3) is 0.538. The van der Waals surface area contributed by atoms with Crippen LogP contribution in [0.25, 0.3) is 0 Å². The normalized spacial score (nSPS) is 23.3. The third-order valence-electron chi connectivity index (χ3n) is 3.76. The Bertz CT molecular complexity index is 400. The summed E-state index contributed by atoms with van der Waals surface area (Å²) in [7, 11) is 2.23. The van der Waals surface area contributed by atoms with E-state index in [1.54, 1.807) is 0 Å². The van der Waals surface area contributed by atoms with Gasteiger partial charge in [0.15, 0.2) is 0 Å². The number of rotatable bonds is 0. The lowest BCUT2D eigenvalue weighted by Gasteiger charge is -2.32. The molecule has 6 heteroatoms. The van der Waals surface area contributed by atoms with Crippen molar-refractivity contribution < 1.29 is 0 Å². The van der Waals surface area contributed by atoms with E-state index in [9.17, 15) is 0 Å². The van der Waals surface area contributed by atoms with Crippen LogP contribution in [-0.2, 0) is 0 Å². The van der Waals surface area contributed by atoms with Crippen molar-refractivity contribution in [2.24, 2.45) is 0 Å². The van der Waals surface area contributed by atoms with Crippen molar-refractivity contribution in [3.8, 4) is 0 Å². The van der Waals surface area contributed by atoms with Gasteiger partial charge in [0, 0.05) is 24.2 Å². The molecule has 2 heterocycles. The molecule has 0 spiro atoms. The van der Waals surface area contributed by atoms with Crippen molar-refractivity contribution in [2.75, 3.05) is 25.5 Å². The van der Waals surface area contributed by atoms with E-state index in [0.29, 0.717) is 12.0 Å². The molecule has 0 saturated carbocycles. The maximum atomic E-state index is 3.66. The molecule has 0 aliphatic carbocycles. The fourth-order valence-corrected chi connectivity index (χ4v) is 2.92. The number of fused-ring (bicyclic) bond motifs is 3. The summed E-state index contributed by atoms with van der Waals surface area (Å²) >= 11 is 0. The van der Waals surface area contributed by atoms with Crippen molar-refractivity contribution in [3.05, 3.63) is 29.3 Å². The van der Waals surface area contributed by atoms with Crippen LogP contribution in [0.5, 0.6) is 0 Å². The minimum Gasteiger partial charge on any atom is -0.381 e. The predicted molar refractivity (Wildman–Crippen MR) is 92.4 cm³/mol. The number of likely N-dealkylation sites (tertiary alicyclic amines) is 1. The van der Waals surface area contributed by atoms with Crippen LogP contribution in [0.15, 0.2) is 18.2 Å². The van der Waals surface area contributed by atoms with E-state index in [-0.39, 0.29) is 49.6 Å². The number of nitrogens with zero attached hydrogens (tertiary/aromatic N) is 1. The molecule has 1 N–H and O–H groups in total. The number of likely N-dealkylation sites (N-methyl/N-ethyl adjacent to an activating group) is 1. The smallest absolute Gasteiger partial charge is 0.0379 e. The Morgan fingerprint density at radius 1 is 1.16 bits per heavy atom. The minimum absolute atomic E-state index is 0. The first-order valence-electron chi connectivity index (χ1n) is 5.79. The zero-order valence-corrected chi connectivity index (χ0v) is 14.4. The Labute approximate surface area is 140 Å². The molecule has 112 valence electrons. The number of anilines is 1. The van der Waals surface area contributed by atoms with Gasteiger partial charge >= 0.3 is 0 Å². The van der Waals surface area contributed by atoms with E-state index in [4.69, 9.17) is 0 Å². The van der Waals surface area contributed by atoms with Crippen LogP contribution in [0.3, 0.4) is 0 Å². The summed E-state index contributed by atoms with van der Waals surface area (Å²) in [5, 5.41) is 3.66. The lowest BCUT2D eigenvalue weighted by atomic mass is 9.89. The third kappa shape index (κ3) is 4.05. The van der Waals surface area contributed by atoms with Crippen molar-refractivity contribution in [3.63, 3.8) is 0 Å². The van der Waals surface area contributed by atoms with E-state index in [0.717, 1.165) is 0 Å². The molecule has 19 heavy (non-hydrogen) atoms. The number of nitrogens with one attached hydrogen (secondary N) is 1. The first-order valence-corrected chi connectivity index (χ1v) is 5.79. The van der Waals surface area contributed by atoms with Crippen LogP contribution in [0.4, 0.5) is 5.69 Å². The molecule has 0 bridgehead atoms. The van der Waals surface area contributed by atoms with Crippen molar-refractivity contribution >= 4 is 55.3 Å². The van der Waals surface area contributed by atoms with Gasteiger partial charge in [-0.2, -0.15) is 0 Å². The highest BCUT2D eigenvalue weighted by Gasteiger charge is 2.35. The first kappa shape index (κ1) is 21.4. The summed E-state index contributed by atoms with van der Waals surface area (Å²) in [5.41, 5.74) is 4.28. The van der Waals surface area contributed by atoms with Gasteiger partial charge in [0.1, 0.15) is 0 Å². The van der Waals surface area contributed by atoms with Gasteiger partial charge in [0.2, 0.25) is 0 Å². The average Bonchev–Trinajstić information content (AvgIpc) is 2.56. The summed E-state index contributed by atoms with van der Waals surface area (Å²) in [6.07, 6.45) is 1.27.